The lowest BCUT2D eigenvalue weighted by Gasteiger charge is -2.36. The van der Waals surface area contributed by atoms with Crippen LogP contribution in [0.15, 0.2) is 75.4 Å². The summed E-state index contributed by atoms with van der Waals surface area (Å²) in [6.07, 6.45) is 8.36. The summed E-state index contributed by atoms with van der Waals surface area (Å²) in [6.45, 7) is 16.7. The number of nitrogens with zero attached hydrogens (tertiary/aromatic N) is 1. The Hall–Kier alpha value is -1.76. The van der Waals surface area contributed by atoms with Crippen molar-refractivity contribution in [1.29, 1.82) is 0 Å². The molecule has 3 atom stereocenters. The van der Waals surface area contributed by atoms with Gasteiger partial charge in [-0.15, -0.1) is 6.58 Å². The number of rotatable bonds is 15. The Morgan fingerprint density at radius 2 is 1.74 bits per heavy atom. The number of benzene rings is 1. The molecule has 1 aromatic rings. The highest BCUT2D eigenvalue weighted by molar-refractivity contribution is 7.98. The van der Waals surface area contributed by atoms with Crippen LogP contribution in [0, 0.1) is 11.8 Å². The van der Waals surface area contributed by atoms with Gasteiger partial charge in [0.25, 0.3) is 0 Å². The number of ketones is 1. The molecule has 0 aliphatic rings. The van der Waals surface area contributed by atoms with E-state index < -0.39 is 18.0 Å². The van der Waals surface area contributed by atoms with Crippen LogP contribution < -0.4 is 0 Å². The molecule has 0 spiro atoms. The third-order valence-corrected chi connectivity index (χ3v) is 13.7. The van der Waals surface area contributed by atoms with Crippen LogP contribution in [-0.2, 0) is 18.9 Å². The first-order chi connectivity index (χ1) is 16.2. The van der Waals surface area contributed by atoms with E-state index >= 15 is 0 Å². The zero-order chi connectivity index (χ0) is 25.8. The molecule has 0 aromatic heterocycles. The third kappa shape index (κ3) is 7.62. The predicted molar refractivity (Wildman–Crippen MR) is 149 cm³/mol. The summed E-state index contributed by atoms with van der Waals surface area (Å²) >= 11 is 0. The molecule has 0 N–H and O–H groups in total. The summed E-state index contributed by atoms with van der Waals surface area (Å²) in [6, 6.07) is 12.2. The predicted octanol–water partition coefficient (Wildman–Crippen LogP) is 7.80. The number of hydrogen-bond acceptors (Lipinski definition) is 4. The molecule has 6 heteroatoms. The molecule has 0 fully saturated rings. The second-order valence-corrected chi connectivity index (χ2v) is 16.0. The first kappa shape index (κ1) is 30.3. The van der Waals surface area contributed by atoms with Crippen molar-refractivity contribution in [2.24, 2.45) is 16.2 Å². The van der Waals surface area contributed by atoms with Crippen LogP contribution in [0.2, 0.25) is 18.1 Å². The largest absolute Gasteiger partial charge is 0.410 e. The average Bonchev–Trinajstić information content (AvgIpc) is 2.86. The molecule has 4 nitrogen and oxygen atoms in total. The smallest absolute Gasteiger partial charge is 0.192 e. The van der Waals surface area contributed by atoms with Crippen LogP contribution in [0.1, 0.15) is 54.4 Å². The Balaban J connectivity index is 3.77. The highest BCUT2D eigenvalue weighted by Gasteiger charge is 2.36. The monoisotopic (exact) mass is 503 g/mol. The van der Waals surface area contributed by atoms with E-state index in [0.29, 0.717) is 11.3 Å². The van der Waals surface area contributed by atoms with E-state index in [1.807, 2.05) is 37.3 Å². The minimum Gasteiger partial charge on any atom is -0.410 e. The van der Waals surface area contributed by atoms with E-state index in [9.17, 15) is 9.00 Å². The lowest BCUT2D eigenvalue weighted by atomic mass is 9.89. The molecule has 0 aliphatic carbocycles. The maximum atomic E-state index is 14.3. The average molecular weight is 504 g/mol. The second-order valence-electron chi connectivity index (χ2n) is 8.98. The molecule has 0 amide bonds. The van der Waals surface area contributed by atoms with Crippen LogP contribution >= 0.6 is 0 Å². The molecule has 1 unspecified atom stereocenters. The fourth-order valence-corrected chi connectivity index (χ4v) is 8.95. The molecule has 34 heavy (non-hydrogen) atoms. The molecule has 0 saturated carbocycles. The summed E-state index contributed by atoms with van der Waals surface area (Å²) in [4.78, 5) is 14.3. The minimum absolute atomic E-state index is 0.110. The summed E-state index contributed by atoms with van der Waals surface area (Å²) in [7, 11) is -3.46. The molecule has 0 heterocycles. The van der Waals surface area contributed by atoms with Crippen molar-refractivity contribution >= 4 is 23.8 Å². The third-order valence-electron chi connectivity index (χ3n) is 6.66. The zero-order valence-corrected chi connectivity index (χ0v) is 24.1. The van der Waals surface area contributed by atoms with Crippen molar-refractivity contribution in [3.05, 3.63) is 66.1 Å². The number of Topliss-reactive ketones (excluding diaryl/α,β-unsaturated/α-hetero) is 1. The summed E-state index contributed by atoms with van der Waals surface area (Å²) in [5.74, 6) is -0.0761. The van der Waals surface area contributed by atoms with Crippen molar-refractivity contribution in [3.8, 4) is 0 Å². The van der Waals surface area contributed by atoms with Gasteiger partial charge in [0.15, 0.2) is 14.1 Å². The van der Waals surface area contributed by atoms with Crippen molar-refractivity contribution in [3.63, 3.8) is 0 Å². The van der Waals surface area contributed by atoms with Gasteiger partial charge >= 0.3 is 0 Å². The number of allylic oxidation sites excluding steroid dienone is 3. The summed E-state index contributed by atoms with van der Waals surface area (Å²) in [5.41, 5.74) is 0. The van der Waals surface area contributed by atoms with Crippen LogP contribution in [-0.4, -0.2) is 31.5 Å². The minimum atomic E-state index is -3.08. The number of hydrogen-bond donors (Lipinski definition) is 0. The quantitative estimate of drug-likeness (QED) is 0.139. The van der Waals surface area contributed by atoms with Gasteiger partial charge in [-0.05, 0) is 49.5 Å². The van der Waals surface area contributed by atoms with Crippen molar-refractivity contribution in [2.45, 2.75) is 83.5 Å². The number of carbonyl (C=O) groups is 1. The van der Waals surface area contributed by atoms with Crippen molar-refractivity contribution < 1.29 is 13.4 Å². The SMILES string of the molecule is C=CCCC(=O)/C(=C\[C@@H](C(C)C)[C@H](/C=C/C)O[Si](CC)(CC)CC)S(=O)(=NC)c1ccccc1. The Bertz CT molecular complexity index is 947. The maximum absolute atomic E-state index is 14.3. The van der Waals surface area contributed by atoms with Gasteiger partial charge in [0.1, 0.15) is 9.73 Å². The normalized spacial score (nSPS) is 16.3. The maximum Gasteiger partial charge on any atom is 0.192 e. The molecule has 0 radical (unpaired) electrons. The topological polar surface area (TPSA) is 55.7 Å². The Kier molecular flexibility index (Phi) is 13.0. The summed E-state index contributed by atoms with van der Waals surface area (Å²) in [5, 5.41) is 0. The van der Waals surface area contributed by atoms with E-state index in [-0.39, 0.29) is 35.0 Å². The molecule has 0 aliphatic heterocycles. The molecular weight excluding hydrogens is 458 g/mol. The van der Waals surface area contributed by atoms with Gasteiger partial charge in [0.2, 0.25) is 0 Å². The van der Waals surface area contributed by atoms with Gasteiger partial charge in [-0.1, -0.05) is 77.1 Å². The second kappa shape index (κ2) is 14.6. The fourth-order valence-electron chi connectivity index (χ4n) is 4.20. The van der Waals surface area contributed by atoms with E-state index in [4.69, 9.17) is 4.43 Å². The van der Waals surface area contributed by atoms with Crippen LogP contribution in [0.5, 0.6) is 0 Å². The van der Waals surface area contributed by atoms with Gasteiger partial charge in [-0.3, -0.25) is 4.79 Å². The van der Waals surface area contributed by atoms with Gasteiger partial charge in [0.05, 0.1) is 15.9 Å². The standard InChI is InChI=1S/C28H45NO3SSi/c1-9-14-21-26(30)28(33(31,29-8)24-19-16-15-17-20-24)22-25(23(6)7)27(18-10-2)32-34(11-3,12-4)13-5/h9-10,15-20,22-23,25,27H,1,11-14,21H2,2-8H3/b18-10+,28-22+/t25-,27-,33?/m0/s1. The first-order valence-corrected chi connectivity index (χ1v) is 16.6. The Labute approximate surface area is 209 Å². The van der Waals surface area contributed by atoms with Crippen molar-refractivity contribution in [1.82, 2.24) is 0 Å². The Morgan fingerprint density at radius 1 is 1.15 bits per heavy atom. The van der Waals surface area contributed by atoms with Crippen LogP contribution in [0.25, 0.3) is 0 Å². The van der Waals surface area contributed by atoms with Gasteiger partial charge in [-0.25, -0.2) is 8.57 Å². The van der Waals surface area contributed by atoms with E-state index in [0.717, 1.165) is 18.1 Å². The number of carbonyl (C=O) groups excluding carboxylic acids is 1. The lowest BCUT2D eigenvalue weighted by molar-refractivity contribution is -0.114. The van der Waals surface area contributed by atoms with Gasteiger partial charge in [-0.2, -0.15) is 0 Å². The molecule has 0 bridgehead atoms. The summed E-state index contributed by atoms with van der Waals surface area (Å²) < 4.78 is 25.6. The highest BCUT2D eigenvalue weighted by Crippen LogP contribution is 2.33. The van der Waals surface area contributed by atoms with Gasteiger partial charge < -0.3 is 4.43 Å². The zero-order valence-electron chi connectivity index (χ0n) is 22.3. The van der Waals surface area contributed by atoms with Gasteiger partial charge in [0, 0.05) is 19.4 Å². The van der Waals surface area contributed by atoms with E-state index in [1.54, 1.807) is 18.2 Å². The molecule has 0 saturated heterocycles. The Morgan fingerprint density at radius 3 is 2.18 bits per heavy atom. The van der Waals surface area contributed by atoms with E-state index in [2.05, 4.69) is 51.6 Å². The lowest BCUT2D eigenvalue weighted by Crippen LogP contribution is -2.42. The molecule has 1 aromatic carbocycles. The van der Waals surface area contributed by atoms with E-state index in [1.165, 1.54) is 7.05 Å². The molecule has 1 rings (SSSR count). The first-order valence-electron chi connectivity index (χ1n) is 12.5. The highest BCUT2D eigenvalue weighted by atomic mass is 32.2. The van der Waals surface area contributed by atoms with Crippen LogP contribution in [0.4, 0.5) is 0 Å². The fraction of sp³-hybridized carbons (Fsp3) is 0.536. The molecular formula is C28H45NO3SSi. The van der Waals surface area contributed by atoms with Crippen molar-refractivity contribution in [2.75, 3.05) is 7.05 Å². The molecule has 190 valence electrons. The van der Waals surface area contributed by atoms with Crippen LogP contribution in [0.3, 0.4) is 0 Å².